The summed E-state index contributed by atoms with van der Waals surface area (Å²) in [6.07, 6.45) is -4.00. The summed E-state index contributed by atoms with van der Waals surface area (Å²) in [6.45, 7) is 1.08. The van der Waals surface area contributed by atoms with Crippen LogP contribution in [0, 0.1) is 0 Å². The van der Waals surface area contributed by atoms with Crippen molar-refractivity contribution in [2.75, 3.05) is 19.0 Å². The molecule has 2 aromatic carbocycles. The van der Waals surface area contributed by atoms with Gasteiger partial charge in [-0.15, -0.1) is 24.5 Å². The SMILES string of the molecule is COc1ccc2c(c1)CCN(C(=O)c1csc(Nc3ccc(OC(F)(F)F)cc3)n1)C2. The summed E-state index contributed by atoms with van der Waals surface area (Å²) >= 11 is 1.24. The van der Waals surface area contributed by atoms with Crippen LogP contribution in [-0.2, 0) is 13.0 Å². The summed E-state index contributed by atoms with van der Waals surface area (Å²) in [5.74, 6) is 0.322. The van der Waals surface area contributed by atoms with Gasteiger partial charge in [0.2, 0.25) is 0 Å². The molecule has 162 valence electrons. The Morgan fingerprint density at radius 1 is 1.13 bits per heavy atom. The number of aromatic nitrogens is 1. The van der Waals surface area contributed by atoms with Crippen molar-refractivity contribution in [1.82, 2.24) is 9.88 Å². The van der Waals surface area contributed by atoms with Crippen molar-refractivity contribution in [3.8, 4) is 11.5 Å². The third kappa shape index (κ3) is 5.08. The maximum atomic E-state index is 12.9. The van der Waals surface area contributed by atoms with Gasteiger partial charge in [0.05, 0.1) is 7.11 Å². The predicted molar refractivity (Wildman–Crippen MR) is 110 cm³/mol. The van der Waals surface area contributed by atoms with Crippen molar-refractivity contribution in [1.29, 1.82) is 0 Å². The van der Waals surface area contributed by atoms with Gasteiger partial charge in [-0.3, -0.25) is 4.79 Å². The fourth-order valence-electron chi connectivity index (χ4n) is 3.28. The Labute approximate surface area is 180 Å². The van der Waals surface area contributed by atoms with E-state index in [1.54, 1.807) is 17.4 Å². The highest BCUT2D eigenvalue weighted by Crippen LogP contribution is 2.28. The molecule has 0 bridgehead atoms. The number of carbonyl (C=O) groups excluding carboxylic acids is 1. The number of benzene rings is 2. The maximum Gasteiger partial charge on any atom is 0.573 e. The Morgan fingerprint density at radius 2 is 1.87 bits per heavy atom. The van der Waals surface area contributed by atoms with E-state index < -0.39 is 6.36 Å². The molecule has 1 aromatic heterocycles. The molecular weight excluding hydrogens is 431 g/mol. The number of hydrogen-bond acceptors (Lipinski definition) is 6. The highest BCUT2D eigenvalue weighted by molar-refractivity contribution is 7.14. The van der Waals surface area contributed by atoms with Gasteiger partial charge in [0.1, 0.15) is 17.2 Å². The van der Waals surface area contributed by atoms with Gasteiger partial charge in [-0.2, -0.15) is 0 Å². The maximum absolute atomic E-state index is 12.9. The van der Waals surface area contributed by atoms with Gasteiger partial charge < -0.3 is 19.7 Å². The number of nitrogens with zero attached hydrogens (tertiary/aromatic N) is 2. The number of hydrogen-bond donors (Lipinski definition) is 1. The first-order chi connectivity index (χ1) is 14.8. The van der Waals surface area contributed by atoms with Crippen molar-refractivity contribution < 1.29 is 27.4 Å². The molecule has 0 radical (unpaired) electrons. The largest absolute Gasteiger partial charge is 0.573 e. The molecule has 0 unspecified atom stereocenters. The molecule has 1 amide bonds. The minimum atomic E-state index is -4.74. The fraction of sp³-hybridized carbons (Fsp3) is 0.238. The summed E-state index contributed by atoms with van der Waals surface area (Å²) in [4.78, 5) is 18.9. The Kier molecular flexibility index (Phi) is 5.73. The predicted octanol–water partition coefficient (Wildman–Crippen LogP) is 4.99. The lowest BCUT2D eigenvalue weighted by Crippen LogP contribution is -2.36. The first kappa shape index (κ1) is 21.0. The first-order valence-corrected chi connectivity index (χ1v) is 10.2. The van der Waals surface area contributed by atoms with Crippen molar-refractivity contribution >= 4 is 28.1 Å². The Hall–Kier alpha value is -3.27. The number of halogens is 3. The van der Waals surface area contributed by atoms with Crippen LogP contribution >= 0.6 is 11.3 Å². The Morgan fingerprint density at radius 3 is 2.58 bits per heavy atom. The summed E-state index contributed by atoms with van der Waals surface area (Å²) in [5, 5.41) is 5.12. The molecule has 0 atom stereocenters. The van der Waals surface area contributed by atoms with Crippen molar-refractivity contribution in [3.05, 3.63) is 64.7 Å². The van der Waals surface area contributed by atoms with Crippen molar-refractivity contribution in [3.63, 3.8) is 0 Å². The van der Waals surface area contributed by atoms with Gasteiger partial charge in [0, 0.05) is 24.2 Å². The second-order valence-corrected chi connectivity index (χ2v) is 7.70. The monoisotopic (exact) mass is 449 g/mol. The van der Waals surface area contributed by atoms with E-state index in [2.05, 4.69) is 15.0 Å². The van der Waals surface area contributed by atoms with Gasteiger partial charge in [-0.05, 0) is 53.9 Å². The van der Waals surface area contributed by atoms with E-state index in [9.17, 15) is 18.0 Å². The Balaban J connectivity index is 1.40. The van der Waals surface area contributed by atoms with E-state index in [0.717, 1.165) is 17.7 Å². The molecule has 4 rings (SSSR count). The van der Waals surface area contributed by atoms with E-state index in [-0.39, 0.29) is 11.7 Å². The second-order valence-electron chi connectivity index (χ2n) is 6.85. The zero-order valence-electron chi connectivity index (χ0n) is 16.4. The smallest absolute Gasteiger partial charge is 0.497 e. The van der Waals surface area contributed by atoms with Crippen molar-refractivity contribution in [2.45, 2.75) is 19.3 Å². The number of anilines is 2. The Bertz CT molecular complexity index is 1080. The van der Waals surface area contributed by atoms with Gasteiger partial charge in [0.15, 0.2) is 5.13 Å². The summed E-state index contributed by atoms with van der Waals surface area (Å²) < 4.78 is 45.8. The lowest BCUT2D eigenvalue weighted by Gasteiger charge is -2.28. The van der Waals surface area contributed by atoms with Crippen LogP contribution in [0.15, 0.2) is 47.8 Å². The molecule has 6 nitrogen and oxygen atoms in total. The number of ether oxygens (including phenoxy) is 2. The third-order valence-electron chi connectivity index (χ3n) is 4.78. The number of nitrogens with one attached hydrogen (secondary N) is 1. The molecule has 0 saturated carbocycles. The molecule has 0 saturated heterocycles. The molecule has 1 N–H and O–H groups in total. The van der Waals surface area contributed by atoms with Crippen LogP contribution < -0.4 is 14.8 Å². The number of thiazole rings is 1. The topological polar surface area (TPSA) is 63.7 Å². The molecule has 10 heteroatoms. The fourth-order valence-corrected chi connectivity index (χ4v) is 3.99. The van der Waals surface area contributed by atoms with E-state index in [0.29, 0.717) is 29.6 Å². The van der Waals surface area contributed by atoms with Crippen molar-refractivity contribution in [2.24, 2.45) is 0 Å². The highest BCUT2D eigenvalue weighted by atomic mass is 32.1. The van der Waals surface area contributed by atoms with E-state index in [1.807, 2.05) is 18.2 Å². The zero-order valence-corrected chi connectivity index (χ0v) is 17.2. The molecule has 1 aliphatic heterocycles. The molecule has 3 aromatic rings. The molecule has 0 aliphatic carbocycles. The van der Waals surface area contributed by atoms with Crippen LogP contribution in [0.2, 0.25) is 0 Å². The lowest BCUT2D eigenvalue weighted by molar-refractivity contribution is -0.274. The molecule has 31 heavy (non-hydrogen) atoms. The molecular formula is C21H18F3N3O3S. The average Bonchev–Trinajstić information content (AvgIpc) is 3.21. The number of carbonyl (C=O) groups is 1. The average molecular weight is 449 g/mol. The molecule has 0 fully saturated rings. The summed E-state index contributed by atoms with van der Waals surface area (Å²) in [6, 6.07) is 11.1. The summed E-state index contributed by atoms with van der Waals surface area (Å²) in [7, 11) is 1.62. The minimum Gasteiger partial charge on any atom is -0.497 e. The lowest BCUT2D eigenvalue weighted by atomic mass is 9.99. The zero-order chi connectivity index (χ0) is 22.0. The first-order valence-electron chi connectivity index (χ1n) is 9.34. The highest BCUT2D eigenvalue weighted by Gasteiger charge is 2.31. The van der Waals surface area contributed by atoms with Crippen LogP contribution in [-0.4, -0.2) is 35.8 Å². The molecule has 1 aliphatic rings. The van der Waals surface area contributed by atoms with E-state index in [1.165, 1.54) is 41.2 Å². The number of amides is 1. The van der Waals surface area contributed by atoms with E-state index >= 15 is 0 Å². The number of rotatable bonds is 5. The van der Waals surface area contributed by atoms with Gasteiger partial charge in [-0.1, -0.05) is 6.07 Å². The minimum absolute atomic E-state index is 0.167. The van der Waals surface area contributed by atoms with Gasteiger partial charge in [0.25, 0.3) is 5.91 Å². The van der Waals surface area contributed by atoms with Gasteiger partial charge >= 0.3 is 6.36 Å². The quantitative estimate of drug-likeness (QED) is 0.595. The number of fused-ring (bicyclic) bond motifs is 1. The van der Waals surface area contributed by atoms with Crippen LogP contribution in [0.3, 0.4) is 0 Å². The molecule has 2 heterocycles. The number of methoxy groups -OCH3 is 1. The third-order valence-corrected chi connectivity index (χ3v) is 5.53. The standard InChI is InChI=1S/C21H18F3N3O3S/c1-29-17-5-2-14-11-27(9-8-13(14)10-17)19(28)18-12-31-20(26-18)25-15-3-6-16(7-4-15)30-21(22,23)24/h2-7,10,12H,8-9,11H2,1H3,(H,25,26). The van der Waals surface area contributed by atoms with Crippen LogP contribution in [0.25, 0.3) is 0 Å². The normalized spacial score (nSPS) is 13.5. The van der Waals surface area contributed by atoms with Crippen LogP contribution in [0.5, 0.6) is 11.5 Å². The van der Waals surface area contributed by atoms with E-state index in [4.69, 9.17) is 4.74 Å². The van der Waals surface area contributed by atoms with Crippen LogP contribution in [0.1, 0.15) is 21.6 Å². The number of alkyl halides is 3. The summed E-state index contributed by atoms with van der Waals surface area (Å²) in [5.41, 5.74) is 3.10. The molecule has 0 spiro atoms. The van der Waals surface area contributed by atoms with Gasteiger partial charge in [-0.25, -0.2) is 4.98 Å². The second kappa shape index (κ2) is 8.46. The van der Waals surface area contributed by atoms with Crippen LogP contribution in [0.4, 0.5) is 24.0 Å².